The summed E-state index contributed by atoms with van der Waals surface area (Å²) >= 11 is 7.48. The monoisotopic (exact) mass is 279 g/mol. The van der Waals surface area contributed by atoms with E-state index in [1.165, 1.54) is 11.8 Å². The van der Waals surface area contributed by atoms with Crippen LogP contribution >= 0.6 is 23.4 Å². The average molecular weight is 280 g/mol. The molecule has 0 aliphatic carbocycles. The first kappa shape index (κ1) is 12.8. The second-order valence-corrected chi connectivity index (χ2v) is 4.76. The van der Waals surface area contributed by atoms with Crippen molar-refractivity contribution in [3.8, 4) is 6.19 Å². The highest BCUT2D eigenvalue weighted by Crippen LogP contribution is 2.31. The van der Waals surface area contributed by atoms with E-state index in [0.29, 0.717) is 21.5 Å². The van der Waals surface area contributed by atoms with E-state index in [9.17, 15) is 0 Å². The molecule has 1 heterocycles. The van der Waals surface area contributed by atoms with Crippen LogP contribution in [0.2, 0.25) is 5.02 Å². The number of rotatable bonds is 1. The molecule has 0 spiro atoms. The molecule has 2 aromatic rings. The van der Waals surface area contributed by atoms with E-state index in [2.05, 4.69) is 10.3 Å². The van der Waals surface area contributed by atoms with E-state index in [1.54, 1.807) is 6.07 Å². The van der Waals surface area contributed by atoms with Gasteiger partial charge in [0.2, 0.25) is 0 Å². The van der Waals surface area contributed by atoms with Crippen LogP contribution in [0.3, 0.4) is 0 Å². The van der Waals surface area contributed by atoms with Crippen molar-refractivity contribution in [1.82, 2.24) is 5.32 Å². The highest BCUT2D eigenvalue weighted by Gasteiger charge is 2.07. The Balaban J connectivity index is 2.49. The van der Waals surface area contributed by atoms with Crippen molar-refractivity contribution in [2.45, 2.75) is 6.92 Å². The quantitative estimate of drug-likeness (QED) is 0.373. The molecule has 1 aromatic heterocycles. The molecule has 2 rings (SSSR count). The van der Waals surface area contributed by atoms with Gasteiger partial charge in [-0.2, -0.15) is 5.26 Å². The molecule has 0 fully saturated rings. The van der Waals surface area contributed by atoms with E-state index in [-0.39, 0.29) is 0 Å². The summed E-state index contributed by atoms with van der Waals surface area (Å²) in [4.78, 5) is 4.31. The van der Waals surface area contributed by atoms with Crippen molar-refractivity contribution in [1.29, 1.82) is 5.26 Å². The van der Waals surface area contributed by atoms with E-state index >= 15 is 0 Å². The number of nitrogens with zero attached hydrogens (tertiary/aromatic N) is 2. The third-order valence-corrected chi connectivity index (χ3v) is 3.13. The first-order valence-corrected chi connectivity index (χ1v) is 6.72. The highest BCUT2D eigenvalue weighted by atomic mass is 35.5. The average Bonchev–Trinajstić information content (AvgIpc) is 2.69. The fraction of sp³-hybridized carbons (Fsp3) is 0.167. The zero-order chi connectivity index (χ0) is 13.1. The Labute approximate surface area is 114 Å². The van der Waals surface area contributed by atoms with Gasteiger partial charge >= 0.3 is 0 Å². The summed E-state index contributed by atoms with van der Waals surface area (Å²) in [6.45, 7) is 1.86. The van der Waals surface area contributed by atoms with Crippen LogP contribution in [0.15, 0.2) is 27.6 Å². The summed E-state index contributed by atoms with van der Waals surface area (Å²) in [6, 6.07) is 5.48. The molecule has 18 heavy (non-hydrogen) atoms. The van der Waals surface area contributed by atoms with Gasteiger partial charge in [0.15, 0.2) is 16.9 Å². The van der Waals surface area contributed by atoms with Crippen LogP contribution in [0, 0.1) is 18.4 Å². The number of aryl methyl sites for hydroxylation is 1. The smallest absolute Gasteiger partial charge is 0.183 e. The van der Waals surface area contributed by atoms with Crippen LogP contribution < -0.4 is 5.32 Å². The number of halogens is 1. The molecule has 6 heteroatoms. The molecule has 1 N–H and O–H groups in total. The van der Waals surface area contributed by atoms with Gasteiger partial charge in [-0.3, -0.25) is 5.32 Å². The van der Waals surface area contributed by atoms with Gasteiger partial charge in [-0.15, -0.1) is 0 Å². The van der Waals surface area contributed by atoms with Crippen LogP contribution in [-0.4, -0.2) is 11.4 Å². The molecule has 4 nitrogen and oxygen atoms in total. The topological polar surface area (TPSA) is 61.3 Å². The van der Waals surface area contributed by atoms with Gasteiger partial charge < -0.3 is 4.42 Å². The Morgan fingerprint density at radius 3 is 2.94 bits per heavy atom. The SMILES string of the molecule is CSC(=Nc1cc(Cl)c2oc(C)cc2c1)NC#N. The van der Waals surface area contributed by atoms with Crippen LogP contribution in [0.5, 0.6) is 0 Å². The van der Waals surface area contributed by atoms with Gasteiger partial charge in [0.1, 0.15) is 5.76 Å². The summed E-state index contributed by atoms with van der Waals surface area (Å²) in [5, 5.41) is 13.0. The van der Waals surface area contributed by atoms with Gasteiger partial charge in [-0.05, 0) is 31.4 Å². The van der Waals surface area contributed by atoms with Crippen LogP contribution in [0.25, 0.3) is 11.0 Å². The second-order valence-electron chi connectivity index (χ2n) is 3.56. The van der Waals surface area contributed by atoms with Gasteiger partial charge in [-0.25, -0.2) is 4.99 Å². The molecule has 0 radical (unpaired) electrons. The molecular formula is C12H10ClN3OS. The molecule has 0 saturated carbocycles. The van der Waals surface area contributed by atoms with Crippen LogP contribution in [0.1, 0.15) is 5.76 Å². The number of thioether (sulfide) groups is 1. The molecule has 0 aliphatic rings. The van der Waals surface area contributed by atoms with Crippen molar-refractivity contribution < 1.29 is 4.42 Å². The molecule has 1 aromatic carbocycles. The fourth-order valence-electron chi connectivity index (χ4n) is 1.58. The molecule has 0 atom stereocenters. The molecule has 0 bridgehead atoms. The number of amidine groups is 1. The fourth-order valence-corrected chi connectivity index (χ4v) is 2.18. The van der Waals surface area contributed by atoms with Crippen molar-refractivity contribution in [2.24, 2.45) is 4.99 Å². The first-order valence-electron chi connectivity index (χ1n) is 5.11. The summed E-state index contributed by atoms with van der Waals surface area (Å²) in [5.41, 5.74) is 1.34. The van der Waals surface area contributed by atoms with Crippen molar-refractivity contribution in [2.75, 3.05) is 6.26 Å². The summed E-state index contributed by atoms with van der Waals surface area (Å²) in [5.74, 6) is 0.799. The summed E-state index contributed by atoms with van der Waals surface area (Å²) in [7, 11) is 0. The Kier molecular flexibility index (Phi) is 3.80. The summed E-state index contributed by atoms with van der Waals surface area (Å²) in [6.07, 6.45) is 3.68. The van der Waals surface area contributed by atoms with Crippen LogP contribution in [-0.2, 0) is 0 Å². The molecule has 0 amide bonds. The number of nitriles is 1. The zero-order valence-corrected chi connectivity index (χ0v) is 11.4. The lowest BCUT2D eigenvalue weighted by Crippen LogP contribution is -2.12. The normalized spacial score (nSPS) is 11.6. The first-order chi connectivity index (χ1) is 8.63. The maximum absolute atomic E-state index is 8.58. The maximum atomic E-state index is 8.58. The van der Waals surface area contributed by atoms with Gasteiger partial charge in [-0.1, -0.05) is 23.4 Å². The molecule has 0 aliphatic heterocycles. The number of benzene rings is 1. The second kappa shape index (κ2) is 5.34. The van der Waals surface area contributed by atoms with Crippen molar-refractivity contribution in [3.63, 3.8) is 0 Å². The Morgan fingerprint density at radius 1 is 1.50 bits per heavy atom. The molecule has 0 unspecified atom stereocenters. The number of fused-ring (bicyclic) bond motifs is 1. The number of nitrogens with one attached hydrogen (secondary N) is 1. The molecule has 92 valence electrons. The zero-order valence-electron chi connectivity index (χ0n) is 9.82. The third-order valence-electron chi connectivity index (χ3n) is 2.27. The van der Waals surface area contributed by atoms with Crippen molar-refractivity contribution >= 4 is 45.2 Å². The van der Waals surface area contributed by atoms with E-state index in [4.69, 9.17) is 21.3 Å². The number of furan rings is 1. The maximum Gasteiger partial charge on any atom is 0.183 e. The Bertz CT molecular complexity index is 657. The molecule has 0 saturated heterocycles. The molecular weight excluding hydrogens is 270 g/mol. The van der Waals surface area contributed by atoms with E-state index < -0.39 is 0 Å². The van der Waals surface area contributed by atoms with Gasteiger partial charge in [0.25, 0.3) is 0 Å². The number of aliphatic imine (C=N–C) groups is 1. The van der Waals surface area contributed by atoms with E-state index in [0.717, 1.165) is 11.1 Å². The number of hydrogen-bond acceptors (Lipinski definition) is 4. The van der Waals surface area contributed by atoms with Crippen molar-refractivity contribution in [3.05, 3.63) is 29.0 Å². The number of hydrogen-bond donors (Lipinski definition) is 1. The predicted octanol–water partition coefficient (Wildman–Crippen LogP) is 3.82. The Morgan fingerprint density at radius 2 is 2.28 bits per heavy atom. The standard InChI is InChI=1S/C12H10ClN3OS/c1-7-3-8-4-9(5-10(13)11(8)17-7)16-12(18-2)15-6-14/h3-5H,1-2H3,(H,15,16). The minimum Gasteiger partial charge on any atom is -0.460 e. The van der Waals surface area contributed by atoms with Gasteiger partial charge in [0, 0.05) is 5.39 Å². The largest absolute Gasteiger partial charge is 0.460 e. The summed E-state index contributed by atoms with van der Waals surface area (Å²) < 4.78 is 5.48. The van der Waals surface area contributed by atoms with E-state index in [1.807, 2.05) is 31.5 Å². The predicted molar refractivity (Wildman–Crippen MR) is 75.3 cm³/mol. The minimum atomic E-state index is 0.511. The van der Waals surface area contributed by atoms with Crippen LogP contribution in [0.4, 0.5) is 5.69 Å². The van der Waals surface area contributed by atoms with Gasteiger partial charge in [0.05, 0.1) is 10.7 Å². The highest BCUT2D eigenvalue weighted by molar-refractivity contribution is 8.13. The lowest BCUT2D eigenvalue weighted by Gasteiger charge is -2.01. The Hall–Kier alpha value is -1.64. The minimum absolute atomic E-state index is 0.511. The lowest BCUT2D eigenvalue weighted by molar-refractivity contribution is 0.578. The lowest BCUT2D eigenvalue weighted by atomic mass is 10.2. The third kappa shape index (κ3) is 2.61.